The molecule has 184 valence electrons. The topological polar surface area (TPSA) is 25.8 Å². The number of hydrogen-bond donors (Lipinski definition) is 0. The highest BCUT2D eigenvalue weighted by Crippen LogP contribution is 2.44. The van der Waals surface area contributed by atoms with Gasteiger partial charge in [-0.25, -0.2) is 4.98 Å². The number of hydrogen-bond acceptors (Lipinski definition) is 3. The molecule has 0 saturated carbocycles. The van der Waals surface area contributed by atoms with Crippen LogP contribution in [-0.4, -0.2) is 9.97 Å². The van der Waals surface area contributed by atoms with E-state index in [1.165, 1.54) is 53.2 Å². The summed E-state index contributed by atoms with van der Waals surface area (Å²) in [6, 6.07) is 37.1. The van der Waals surface area contributed by atoms with Gasteiger partial charge in [0.05, 0.1) is 22.9 Å². The number of benzene rings is 6. The van der Waals surface area contributed by atoms with Crippen LogP contribution in [0.1, 0.15) is 11.1 Å². The summed E-state index contributed by atoms with van der Waals surface area (Å²) in [7, 11) is 0. The predicted octanol–water partition coefficient (Wildman–Crippen LogP) is 10.3. The van der Waals surface area contributed by atoms with E-state index >= 15 is 0 Å². The van der Waals surface area contributed by atoms with Crippen LogP contribution in [0.15, 0.2) is 109 Å². The van der Waals surface area contributed by atoms with Gasteiger partial charge >= 0.3 is 0 Å². The van der Waals surface area contributed by atoms with Crippen molar-refractivity contribution in [1.82, 2.24) is 9.97 Å². The lowest BCUT2D eigenvalue weighted by Gasteiger charge is -2.13. The molecule has 3 heteroatoms. The second kappa shape index (κ2) is 8.45. The molecule has 8 aromatic rings. The highest BCUT2D eigenvalue weighted by Gasteiger charge is 2.17. The van der Waals surface area contributed by atoms with E-state index in [2.05, 4.69) is 117 Å². The molecule has 2 aromatic heterocycles. The second-order valence-electron chi connectivity index (χ2n) is 10.4. The smallest absolute Gasteiger partial charge is 0.0979 e. The molecule has 0 aliphatic heterocycles. The third-order valence-corrected chi connectivity index (χ3v) is 9.01. The lowest BCUT2D eigenvalue weighted by molar-refractivity contribution is 1.31. The Morgan fingerprint density at radius 3 is 1.92 bits per heavy atom. The van der Waals surface area contributed by atoms with Crippen molar-refractivity contribution in [2.75, 3.05) is 0 Å². The Morgan fingerprint density at radius 2 is 1.15 bits per heavy atom. The summed E-state index contributed by atoms with van der Waals surface area (Å²) < 4.78 is 2.64. The van der Waals surface area contributed by atoms with Gasteiger partial charge in [-0.15, -0.1) is 11.3 Å². The molecule has 6 aromatic carbocycles. The van der Waals surface area contributed by atoms with E-state index in [9.17, 15) is 0 Å². The molecule has 2 nitrogen and oxygen atoms in total. The SMILES string of the molecule is Cc1ccc2sc3c(-c4ccccc4-c4cnc5c6ccccc6c6ccccc6c5n4)cc(C)cc3c2c1. The van der Waals surface area contributed by atoms with E-state index in [1.54, 1.807) is 0 Å². The average molecular weight is 517 g/mol. The van der Waals surface area contributed by atoms with E-state index in [4.69, 9.17) is 9.97 Å². The molecule has 0 atom stereocenters. The predicted molar refractivity (Wildman–Crippen MR) is 168 cm³/mol. The fourth-order valence-electron chi connectivity index (χ4n) is 6.03. The van der Waals surface area contributed by atoms with Crippen LogP contribution in [0.5, 0.6) is 0 Å². The molecule has 2 heterocycles. The molecule has 0 N–H and O–H groups in total. The molecule has 0 saturated heterocycles. The monoisotopic (exact) mass is 516 g/mol. The van der Waals surface area contributed by atoms with E-state index in [-0.39, 0.29) is 0 Å². The molecule has 0 radical (unpaired) electrons. The fraction of sp³-hybridized carbons (Fsp3) is 0.0556. The van der Waals surface area contributed by atoms with Crippen LogP contribution >= 0.6 is 11.3 Å². The average Bonchev–Trinajstić information content (AvgIpc) is 3.34. The van der Waals surface area contributed by atoms with Crippen molar-refractivity contribution in [2.24, 2.45) is 0 Å². The third-order valence-electron chi connectivity index (χ3n) is 7.79. The maximum absolute atomic E-state index is 5.31. The Bertz CT molecular complexity index is 2220. The van der Waals surface area contributed by atoms with Crippen molar-refractivity contribution in [3.8, 4) is 22.4 Å². The molecule has 0 aliphatic rings. The van der Waals surface area contributed by atoms with Crippen LogP contribution in [0.25, 0.3) is 75.1 Å². The Hall–Kier alpha value is -4.60. The standard InChI is InChI=1S/C36H24N2S/c1-21-15-16-33-29(17-21)31-19-22(2)18-30(36(31)39-33)25-11-3-6-12-26(25)32-20-37-34-27-13-7-4-9-23(27)24-10-5-8-14-28(24)35(34)38-32/h3-20H,1-2H3. The second-order valence-corrected chi connectivity index (χ2v) is 11.4. The molecule has 0 bridgehead atoms. The van der Waals surface area contributed by atoms with Gasteiger partial charge in [-0.2, -0.15) is 0 Å². The van der Waals surface area contributed by atoms with Crippen molar-refractivity contribution in [3.63, 3.8) is 0 Å². The quantitative estimate of drug-likeness (QED) is 0.214. The van der Waals surface area contributed by atoms with Crippen LogP contribution in [-0.2, 0) is 0 Å². The van der Waals surface area contributed by atoms with Crippen LogP contribution in [0.2, 0.25) is 0 Å². The molecule has 0 fully saturated rings. The number of aryl methyl sites for hydroxylation is 2. The zero-order chi connectivity index (χ0) is 26.1. The Kier molecular flexibility index (Phi) is 4.85. The summed E-state index contributed by atoms with van der Waals surface area (Å²) in [6.45, 7) is 4.36. The van der Waals surface area contributed by atoms with E-state index in [0.29, 0.717) is 0 Å². The summed E-state index contributed by atoms with van der Waals surface area (Å²) in [5.74, 6) is 0. The molecular weight excluding hydrogens is 492 g/mol. The van der Waals surface area contributed by atoms with Crippen molar-refractivity contribution in [2.45, 2.75) is 13.8 Å². The van der Waals surface area contributed by atoms with Crippen LogP contribution < -0.4 is 0 Å². The maximum atomic E-state index is 5.31. The molecular formula is C36H24N2S. The molecule has 0 amide bonds. The van der Waals surface area contributed by atoms with Gasteiger partial charge in [0.1, 0.15) is 0 Å². The number of fused-ring (bicyclic) bond motifs is 9. The lowest BCUT2D eigenvalue weighted by atomic mass is 9.94. The van der Waals surface area contributed by atoms with E-state index in [0.717, 1.165) is 33.1 Å². The number of aromatic nitrogens is 2. The number of rotatable bonds is 2. The van der Waals surface area contributed by atoms with Gasteiger partial charge in [0.25, 0.3) is 0 Å². The van der Waals surface area contributed by atoms with Crippen molar-refractivity contribution < 1.29 is 0 Å². The molecule has 0 spiro atoms. The minimum Gasteiger partial charge on any atom is -0.252 e. The summed E-state index contributed by atoms with van der Waals surface area (Å²) in [5.41, 5.74) is 8.88. The molecule has 0 unspecified atom stereocenters. The van der Waals surface area contributed by atoms with Gasteiger partial charge in [0, 0.05) is 42.1 Å². The summed E-state index contributed by atoms with van der Waals surface area (Å²) in [4.78, 5) is 10.3. The first-order valence-electron chi connectivity index (χ1n) is 13.3. The fourth-order valence-corrected chi connectivity index (χ4v) is 7.22. The summed E-state index contributed by atoms with van der Waals surface area (Å²) in [6.07, 6.45) is 1.95. The van der Waals surface area contributed by atoms with Crippen molar-refractivity contribution in [1.29, 1.82) is 0 Å². The van der Waals surface area contributed by atoms with Crippen molar-refractivity contribution >= 4 is 64.1 Å². The number of thiophene rings is 1. The maximum Gasteiger partial charge on any atom is 0.0979 e. The zero-order valence-corrected chi connectivity index (χ0v) is 22.5. The van der Waals surface area contributed by atoms with Gasteiger partial charge in [-0.3, -0.25) is 4.98 Å². The van der Waals surface area contributed by atoms with Gasteiger partial charge in [0.2, 0.25) is 0 Å². The molecule has 39 heavy (non-hydrogen) atoms. The van der Waals surface area contributed by atoms with Gasteiger partial charge in [0.15, 0.2) is 0 Å². The highest BCUT2D eigenvalue weighted by molar-refractivity contribution is 7.26. The molecule has 0 aliphatic carbocycles. The van der Waals surface area contributed by atoms with E-state index < -0.39 is 0 Å². The van der Waals surface area contributed by atoms with Gasteiger partial charge in [-0.1, -0.05) is 84.4 Å². The van der Waals surface area contributed by atoms with E-state index in [1.807, 2.05) is 17.5 Å². The number of nitrogens with zero attached hydrogens (tertiary/aromatic N) is 2. The van der Waals surface area contributed by atoms with Crippen LogP contribution in [0.3, 0.4) is 0 Å². The summed E-state index contributed by atoms with van der Waals surface area (Å²) >= 11 is 1.87. The Labute approximate surface area is 230 Å². The highest BCUT2D eigenvalue weighted by atomic mass is 32.1. The van der Waals surface area contributed by atoms with Crippen LogP contribution in [0.4, 0.5) is 0 Å². The molecule has 8 rings (SSSR count). The minimum absolute atomic E-state index is 0.894. The van der Waals surface area contributed by atoms with Crippen LogP contribution in [0, 0.1) is 13.8 Å². The van der Waals surface area contributed by atoms with Crippen molar-refractivity contribution in [3.05, 3.63) is 120 Å². The lowest BCUT2D eigenvalue weighted by Crippen LogP contribution is -1.94. The first-order valence-corrected chi connectivity index (χ1v) is 14.1. The largest absolute Gasteiger partial charge is 0.252 e. The normalized spacial score (nSPS) is 11.8. The van der Waals surface area contributed by atoms with Gasteiger partial charge in [-0.05, 0) is 60.0 Å². The Morgan fingerprint density at radius 1 is 0.513 bits per heavy atom. The zero-order valence-electron chi connectivity index (χ0n) is 21.7. The summed E-state index contributed by atoms with van der Waals surface area (Å²) in [5, 5.41) is 7.36. The minimum atomic E-state index is 0.894. The first kappa shape index (κ1) is 22.4. The first-order chi connectivity index (χ1) is 19.2. The van der Waals surface area contributed by atoms with Gasteiger partial charge < -0.3 is 0 Å². The third kappa shape index (κ3) is 3.40. The Balaban J connectivity index is 1.42.